The molecule has 1 amide bonds. The number of carbonyl (C=O) groups is 1. The van der Waals surface area contributed by atoms with Crippen molar-refractivity contribution in [3.8, 4) is 11.5 Å². The van der Waals surface area contributed by atoms with Gasteiger partial charge >= 0.3 is 0 Å². The molecule has 1 aliphatic rings. The van der Waals surface area contributed by atoms with Crippen LogP contribution in [-0.2, 0) is 0 Å². The summed E-state index contributed by atoms with van der Waals surface area (Å²) in [5.41, 5.74) is 0.868. The van der Waals surface area contributed by atoms with Gasteiger partial charge in [0.15, 0.2) is 17.2 Å². The summed E-state index contributed by atoms with van der Waals surface area (Å²) in [4.78, 5) is 12.3. The Balaban J connectivity index is 1.66. The highest BCUT2D eigenvalue weighted by Gasteiger charge is 2.14. The van der Waals surface area contributed by atoms with Gasteiger partial charge in [-0.05, 0) is 37.6 Å². The zero-order chi connectivity index (χ0) is 16.9. The number of rotatable bonds is 5. The van der Waals surface area contributed by atoms with Crippen LogP contribution < -0.4 is 20.1 Å². The average molecular weight is 328 g/mol. The maximum atomic E-state index is 12.3. The number of aromatic nitrogens is 2. The Hall–Kier alpha value is -2.83. The van der Waals surface area contributed by atoms with Gasteiger partial charge < -0.3 is 20.1 Å². The molecule has 0 bridgehead atoms. The predicted molar refractivity (Wildman–Crippen MR) is 90.8 cm³/mol. The summed E-state index contributed by atoms with van der Waals surface area (Å²) >= 11 is 0. The molecule has 0 spiro atoms. The Bertz CT molecular complexity index is 718. The summed E-state index contributed by atoms with van der Waals surface area (Å²) in [5.74, 6) is 1.63. The van der Waals surface area contributed by atoms with Crippen molar-refractivity contribution in [2.75, 3.05) is 23.8 Å². The lowest BCUT2D eigenvalue weighted by Crippen LogP contribution is -2.18. The number of ether oxygens (including phenoxy) is 2. The first-order valence-electron chi connectivity index (χ1n) is 7.97. The van der Waals surface area contributed by atoms with Gasteiger partial charge in [-0.25, -0.2) is 0 Å². The lowest BCUT2D eigenvalue weighted by Gasteiger charge is -2.18. The van der Waals surface area contributed by atoms with E-state index in [0.29, 0.717) is 42.3 Å². The van der Waals surface area contributed by atoms with Gasteiger partial charge in [-0.2, -0.15) is 0 Å². The molecule has 7 heteroatoms. The molecule has 0 radical (unpaired) electrons. The maximum absolute atomic E-state index is 12.3. The van der Waals surface area contributed by atoms with Gasteiger partial charge in [-0.15, -0.1) is 10.2 Å². The fraction of sp³-hybridized carbons (Fsp3) is 0.353. The topological polar surface area (TPSA) is 85.4 Å². The Morgan fingerprint density at radius 2 is 1.96 bits per heavy atom. The molecule has 0 saturated heterocycles. The van der Waals surface area contributed by atoms with Gasteiger partial charge in [-0.3, -0.25) is 4.79 Å². The van der Waals surface area contributed by atoms with E-state index in [-0.39, 0.29) is 11.6 Å². The quantitative estimate of drug-likeness (QED) is 0.878. The molecule has 1 aromatic carbocycles. The zero-order valence-corrected chi connectivity index (χ0v) is 13.7. The lowest BCUT2D eigenvalue weighted by molar-refractivity contribution is 0.102. The number of carbonyl (C=O) groups excluding carboxylic acids is 1. The molecule has 3 rings (SSSR count). The van der Waals surface area contributed by atoms with Crippen LogP contribution in [0.2, 0.25) is 0 Å². The minimum absolute atomic E-state index is 0.250. The van der Waals surface area contributed by atoms with Crippen LogP contribution in [0.4, 0.5) is 11.5 Å². The molecule has 2 aromatic rings. The third-order valence-electron chi connectivity index (χ3n) is 3.70. The lowest BCUT2D eigenvalue weighted by atomic mass is 10.2. The van der Waals surface area contributed by atoms with E-state index in [9.17, 15) is 4.79 Å². The second kappa shape index (κ2) is 7.16. The number of nitrogens with one attached hydrogen (secondary N) is 2. The highest BCUT2D eigenvalue weighted by atomic mass is 16.6. The van der Waals surface area contributed by atoms with Crippen molar-refractivity contribution in [1.29, 1.82) is 0 Å². The van der Waals surface area contributed by atoms with Crippen LogP contribution in [0.15, 0.2) is 30.3 Å². The summed E-state index contributed by atoms with van der Waals surface area (Å²) in [6.07, 6.45) is 0.980. The third-order valence-corrected chi connectivity index (χ3v) is 3.70. The maximum Gasteiger partial charge on any atom is 0.276 e. The Labute approximate surface area is 140 Å². The Morgan fingerprint density at radius 1 is 1.17 bits per heavy atom. The minimum atomic E-state index is -0.325. The fourth-order valence-electron chi connectivity index (χ4n) is 2.20. The van der Waals surface area contributed by atoms with Gasteiger partial charge in [0.05, 0.1) is 0 Å². The van der Waals surface area contributed by atoms with Gasteiger partial charge in [0.25, 0.3) is 5.91 Å². The first-order valence-corrected chi connectivity index (χ1v) is 7.97. The van der Waals surface area contributed by atoms with E-state index >= 15 is 0 Å². The van der Waals surface area contributed by atoms with Gasteiger partial charge in [-0.1, -0.05) is 6.92 Å². The molecular formula is C17H20N4O3. The number of fused-ring (bicyclic) bond motifs is 1. The van der Waals surface area contributed by atoms with Crippen molar-refractivity contribution in [3.05, 3.63) is 36.0 Å². The standard InChI is InChI=1S/C17H20N4O3/c1-3-11(2)18-16-7-5-13(20-21-16)17(22)19-12-4-6-14-15(10-12)24-9-8-23-14/h4-7,10-11H,3,8-9H2,1-2H3,(H,18,21)(H,19,22). The second-order valence-corrected chi connectivity index (χ2v) is 5.57. The SMILES string of the molecule is CCC(C)Nc1ccc(C(=O)Nc2ccc3c(c2)OCCO3)nn1. The Kier molecular flexibility index (Phi) is 4.79. The highest BCUT2D eigenvalue weighted by molar-refractivity contribution is 6.02. The van der Waals surface area contributed by atoms with Crippen molar-refractivity contribution in [1.82, 2.24) is 10.2 Å². The monoisotopic (exact) mass is 328 g/mol. The van der Waals surface area contributed by atoms with Crippen LogP contribution in [0, 0.1) is 0 Å². The molecule has 1 aliphatic heterocycles. The summed E-state index contributed by atoms with van der Waals surface area (Å²) in [7, 11) is 0. The summed E-state index contributed by atoms with van der Waals surface area (Å²) < 4.78 is 11.0. The van der Waals surface area contributed by atoms with E-state index in [1.54, 1.807) is 30.3 Å². The van der Waals surface area contributed by atoms with Crippen LogP contribution in [0.1, 0.15) is 30.8 Å². The molecule has 1 unspecified atom stereocenters. The van der Waals surface area contributed by atoms with Crippen molar-refractivity contribution in [2.45, 2.75) is 26.3 Å². The molecule has 0 fully saturated rings. The largest absolute Gasteiger partial charge is 0.486 e. The summed E-state index contributed by atoms with van der Waals surface area (Å²) in [6.45, 7) is 5.18. The number of amides is 1. The number of anilines is 2. The molecule has 2 heterocycles. The summed E-state index contributed by atoms with van der Waals surface area (Å²) in [5, 5.41) is 14.0. The van der Waals surface area contributed by atoms with Gasteiger partial charge in [0, 0.05) is 17.8 Å². The van der Waals surface area contributed by atoms with E-state index in [0.717, 1.165) is 6.42 Å². The molecule has 0 saturated carbocycles. The van der Waals surface area contributed by atoms with E-state index < -0.39 is 0 Å². The molecule has 2 N–H and O–H groups in total. The number of benzene rings is 1. The van der Waals surface area contributed by atoms with Crippen LogP contribution in [-0.4, -0.2) is 35.4 Å². The smallest absolute Gasteiger partial charge is 0.276 e. The van der Waals surface area contributed by atoms with Crippen LogP contribution >= 0.6 is 0 Å². The number of hydrogen-bond acceptors (Lipinski definition) is 6. The minimum Gasteiger partial charge on any atom is -0.486 e. The van der Waals surface area contributed by atoms with Crippen molar-refractivity contribution in [2.24, 2.45) is 0 Å². The first-order chi connectivity index (χ1) is 11.7. The molecule has 126 valence electrons. The van der Waals surface area contributed by atoms with Gasteiger partial charge in [0.2, 0.25) is 0 Å². The zero-order valence-electron chi connectivity index (χ0n) is 13.7. The van der Waals surface area contributed by atoms with Crippen LogP contribution in [0.3, 0.4) is 0 Å². The van der Waals surface area contributed by atoms with Crippen LogP contribution in [0.25, 0.3) is 0 Å². The van der Waals surface area contributed by atoms with Crippen molar-refractivity contribution < 1.29 is 14.3 Å². The number of nitrogens with zero attached hydrogens (tertiary/aromatic N) is 2. The molecule has 1 atom stereocenters. The molecule has 7 nitrogen and oxygen atoms in total. The van der Waals surface area contributed by atoms with E-state index in [4.69, 9.17) is 9.47 Å². The summed E-state index contributed by atoms with van der Waals surface area (Å²) in [6, 6.07) is 8.96. The molecule has 24 heavy (non-hydrogen) atoms. The normalized spacial score (nSPS) is 13.9. The fourth-order valence-corrected chi connectivity index (χ4v) is 2.20. The average Bonchev–Trinajstić information content (AvgIpc) is 2.62. The predicted octanol–water partition coefficient (Wildman–Crippen LogP) is 2.71. The Morgan fingerprint density at radius 3 is 2.67 bits per heavy atom. The van der Waals surface area contributed by atoms with E-state index in [2.05, 4.69) is 34.7 Å². The molecule has 1 aromatic heterocycles. The van der Waals surface area contributed by atoms with Gasteiger partial charge in [0.1, 0.15) is 19.0 Å². The van der Waals surface area contributed by atoms with Crippen molar-refractivity contribution in [3.63, 3.8) is 0 Å². The highest BCUT2D eigenvalue weighted by Crippen LogP contribution is 2.32. The van der Waals surface area contributed by atoms with Crippen molar-refractivity contribution >= 4 is 17.4 Å². The third kappa shape index (κ3) is 3.73. The van der Waals surface area contributed by atoms with E-state index in [1.807, 2.05) is 0 Å². The van der Waals surface area contributed by atoms with Crippen LogP contribution in [0.5, 0.6) is 11.5 Å². The second-order valence-electron chi connectivity index (χ2n) is 5.57. The molecule has 0 aliphatic carbocycles. The number of hydrogen-bond donors (Lipinski definition) is 2. The van der Waals surface area contributed by atoms with E-state index in [1.165, 1.54) is 0 Å². The molecular weight excluding hydrogens is 308 g/mol. The first kappa shape index (κ1) is 16.0.